The molecule has 1 aliphatic rings. The standard InChI is InChI=1S/C19H19N3O3/c1-13-4-6-14(7-5-13)17-20-18(25-21-17)15-8-10-22(11-9-15)19(23)16-3-2-12-24-16/h2-7,12,15H,8-11H2,1H3. The molecule has 0 saturated carbocycles. The van der Waals surface area contributed by atoms with Crippen molar-refractivity contribution in [2.45, 2.75) is 25.7 Å². The van der Waals surface area contributed by atoms with Gasteiger partial charge < -0.3 is 13.8 Å². The Hall–Kier alpha value is -2.89. The zero-order chi connectivity index (χ0) is 17.2. The third kappa shape index (κ3) is 3.20. The SMILES string of the molecule is Cc1ccc(-c2noc(C3CCN(C(=O)c4ccco4)CC3)n2)cc1. The second kappa shape index (κ2) is 6.55. The number of carbonyl (C=O) groups is 1. The monoisotopic (exact) mass is 337 g/mol. The van der Waals surface area contributed by atoms with Gasteiger partial charge in [0.1, 0.15) is 0 Å². The number of rotatable bonds is 3. The second-order valence-corrected chi connectivity index (χ2v) is 6.37. The molecule has 1 fully saturated rings. The van der Waals surface area contributed by atoms with Crippen LogP contribution in [-0.4, -0.2) is 34.0 Å². The minimum atomic E-state index is -0.0608. The summed E-state index contributed by atoms with van der Waals surface area (Å²) in [7, 11) is 0. The van der Waals surface area contributed by atoms with Crippen LogP contribution in [0.25, 0.3) is 11.4 Å². The van der Waals surface area contributed by atoms with E-state index in [1.165, 1.54) is 11.8 Å². The lowest BCUT2D eigenvalue weighted by Crippen LogP contribution is -2.37. The van der Waals surface area contributed by atoms with Crippen LogP contribution in [0, 0.1) is 6.92 Å². The quantitative estimate of drug-likeness (QED) is 0.729. The normalized spacial score (nSPS) is 15.5. The van der Waals surface area contributed by atoms with Crippen molar-refractivity contribution in [3.8, 4) is 11.4 Å². The van der Waals surface area contributed by atoms with Gasteiger partial charge in [-0.05, 0) is 31.9 Å². The van der Waals surface area contributed by atoms with E-state index in [9.17, 15) is 4.79 Å². The third-order valence-electron chi connectivity index (χ3n) is 4.61. The van der Waals surface area contributed by atoms with E-state index in [-0.39, 0.29) is 11.8 Å². The van der Waals surface area contributed by atoms with Crippen LogP contribution in [-0.2, 0) is 0 Å². The van der Waals surface area contributed by atoms with E-state index in [0.29, 0.717) is 30.6 Å². The second-order valence-electron chi connectivity index (χ2n) is 6.37. The number of aromatic nitrogens is 2. The Morgan fingerprint density at radius 1 is 1.16 bits per heavy atom. The van der Waals surface area contributed by atoms with Crippen LogP contribution in [0.1, 0.15) is 40.8 Å². The van der Waals surface area contributed by atoms with E-state index >= 15 is 0 Å². The molecule has 2 aromatic heterocycles. The summed E-state index contributed by atoms with van der Waals surface area (Å²) in [5.41, 5.74) is 2.15. The number of benzene rings is 1. The van der Waals surface area contributed by atoms with E-state index in [2.05, 4.69) is 10.1 Å². The van der Waals surface area contributed by atoms with Crippen LogP contribution < -0.4 is 0 Å². The maximum atomic E-state index is 12.3. The Bertz CT molecular complexity index is 844. The fourth-order valence-corrected chi connectivity index (χ4v) is 3.11. The zero-order valence-corrected chi connectivity index (χ0v) is 14.0. The smallest absolute Gasteiger partial charge is 0.289 e. The van der Waals surface area contributed by atoms with Crippen molar-refractivity contribution in [2.24, 2.45) is 0 Å². The Morgan fingerprint density at radius 3 is 2.60 bits per heavy atom. The molecule has 0 aliphatic carbocycles. The highest BCUT2D eigenvalue weighted by molar-refractivity contribution is 5.91. The Labute approximate surface area is 145 Å². The maximum Gasteiger partial charge on any atom is 0.289 e. The highest BCUT2D eigenvalue weighted by Gasteiger charge is 2.29. The number of piperidine rings is 1. The minimum Gasteiger partial charge on any atom is -0.459 e. The van der Waals surface area contributed by atoms with Gasteiger partial charge in [-0.3, -0.25) is 4.79 Å². The molecule has 0 spiro atoms. The van der Waals surface area contributed by atoms with Crippen molar-refractivity contribution in [1.82, 2.24) is 15.0 Å². The summed E-state index contributed by atoms with van der Waals surface area (Å²) in [5, 5.41) is 4.10. The van der Waals surface area contributed by atoms with Gasteiger partial charge in [0.2, 0.25) is 11.7 Å². The number of nitrogens with zero attached hydrogens (tertiary/aromatic N) is 3. The summed E-state index contributed by atoms with van der Waals surface area (Å²) >= 11 is 0. The molecule has 0 unspecified atom stereocenters. The summed E-state index contributed by atoms with van der Waals surface area (Å²) in [6.45, 7) is 3.36. The first-order valence-corrected chi connectivity index (χ1v) is 8.44. The molecular weight excluding hydrogens is 318 g/mol. The highest BCUT2D eigenvalue weighted by atomic mass is 16.5. The fraction of sp³-hybridized carbons (Fsp3) is 0.316. The summed E-state index contributed by atoms with van der Waals surface area (Å²) < 4.78 is 10.7. The van der Waals surface area contributed by atoms with E-state index < -0.39 is 0 Å². The third-order valence-corrected chi connectivity index (χ3v) is 4.61. The van der Waals surface area contributed by atoms with Gasteiger partial charge in [0.25, 0.3) is 5.91 Å². The van der Waals surface area contributed by atoms with Gasteiger partial charge in [-0.1, -0.05) is 35.0 Å². The molecule has 1 amide bonds. The van der Waals surface area contributed by atoms with Gasteiger partial charge in [-0.2, -0.15) is 4.98 Å². The number of hydrogen-bond acceptors (Lipinski definition) is 5. The van der Waals surface area contributed by atoms with Gasteiger partial charge in [0.05, 0.1) is 6.26 Å². The molecule has 1 saturated heterocycles. The van der Waals surface area contributed by atoms with Gasteiger partial charge >= 0.3 is 0 Å². The minimum absolute atomic E-state index is 0.0608. The fourth-order valence-electron chi connectivity index (χ4n) is 3.11. The first-order chi connectivity index (χ1) is 12.2. The molecule has 25 heavy (non-hydrogen) atoms. The van der Waals surface area contributed by atoms with Crippen molar-refractivity contribution in [3.05, 3.63) is 59.9 Å². The summed E-state index contributed by atoms with van der Waals surface area (Å²) in [6.07, 6.45) is 3.13. The Balaban J connectivity index is 1.41. The predicted octanol–water partition coefficient (Wildman–Crippen LogP) is 3.66. The molecule has 6 heteroatoms. The summed E-state index contributed by atoms with van der Waals surface area (Å²) in [6, 6.07) is 11.5. The Kier molecular flexibility index (Phi) is 4.09. The van der Waals surface area contributed by atoms with Crippen LogP contribution in [0.2, 0.25) is 0 Å². The number of aryl methyl sites for hydroxylation is 1. The van der Waals surface area contributed by atoms with Crippen molar-refractivity contribution in [2.75, 3.05) is 13.1 Å². The first kappa shape index (κ1) is 15.6. The van der Waals surface area contributed by atoms with Crippen LogP contribution in [0.15, 0.2) is 51.6 Å². The van der Waals surface area contributed by atoms with Gasteiger partial charge in [-0.25, -0.2) is 0 Å². The topological polar surface area (TPSA) is 72.4 Å². The van der Waals surface area contributed by atoms with E-state index in [1.54, 1.807) is 12.1 Å². The lowest BCUT2D eigenvalue weighted by Gasteiger charge is -2.29. The molecular formula is C19H19N3O3. The first-order valence-electron chi connectivity index (χ1n) is 8.44. The summed E-state index contributed by atoms with van der Waals surface area (Å²) in [5.74, 6) is 1.78. The van der Waals surface area contributed by atoms with E-state index in [4.69, 9.17) is 8.94 Å². The molecule has 4 rings (SSSR count). The Morgan fingerprint density at radius 2 is 1.92 bits per heavy atom. The molecule has 0 N–H and O–H groups in total. The highest BCUT2D eigenvalue weighted by Crippen LogP contribution is 2.29. The van der Waals surface area contributed by atoms with Crippen LogP contribution >= 0.6 is 0 Å². The number of carbonyl (C=O) groups excluding carboxylic acids is 1. The molecule has 1 aliphatic heterocycles. The van der Waals surface area contributed by atoms with Gasteiger partial charge in [0.15, 0.2) is 5.76 Å². The molecule has 3 aromatic rings. The molecule has 0 radical (unpaired) electrons. The predicted molar refractivity (Wildman–Crippen MR) is 91.1 cm³/mol. The maximum absolute atomic E-state index is 12.3. The zero-order valence-electron chi connectivity index (χ0n) is 14.0. The lowest BCUT2D eigenvalue weighted by atomic mass is 9.96. The van der Waals surface area contributed by atoms with Gasteiger partial charge in [0, 0.05) is 24.6 Å². The summed E-state index contributed by atoms with van der Waals surface area (Å²) in [4.78, 5) is 18.7. The van der Waals surface area contributed by atoms with Gasteiger partial charge in [-0.15, -0.1) is 0 Å². The van der Waals surface area contributed by atoms with E-state index in [0.717, 1.165) is 18.4 Å². The molecule has 3 heterocycles. The number of furan rings is 1. The molecule has 128 valence electrons. The lowest BCUT2D eigenvalue weighted by molar-refractivity contribution is 0.0672. The van der Waals surface area contributed by atoms with Crippen molar-refractivity contribution >= 4 is 5.91 Å². The van der Waals surface area contributed by atoms with Crippen molar-refractivity contribution in [1.29, 1.82) is 0 Å². The van der Waals surface area contributed by atoms with Crippen LogP contribution in [0.3, 0.4) is 0 Å². The number of amides is 1. The number of hydrogen-bond donors (Lipinski definition) is 0. The van der Waals surface area contributed by atoms with Crippen molar-refractivity contribution in [3.63, 3.8) is 0 Å². The molecule has 6 nitrogen and oxygen atoms in total. The average molecular weight is 337 g/mol. The average Bonchev–Trinajstić information content (AvgIpc) is 3.34. The molecule has 1 aromatic carbocycles. The van der Waals surface area contributed by atoms with Crippen LogP contribution in [0.5, 0.6) is 0 Å². The molecule has 0 atom stereocenters. The van der Waals surface area contributed by atoms with Crippen LogP contribution in [0.4, 0.5) is 0 Å². The van der Waals surface area contributed by atoms with E-state index in [1.807, 2.05) is 36.1 Å². The molecule has 0 bridgehead atoms. The largest absolute Gasteiger partial charge is 0.459 e. The number of likely N-dealkylation sites (tertiary alicyclic amines) is 1. The van der Waals surface area contributed by atoms with Crippen molar-refractivity contribution < 1.29 is 13.7 Å².